The highest BCUT2D eigenvalue weighted by Gasteiger charge is 2.52. The van der Waals surface area contributed by atoms with Gasteiger partial charge in [0.15, 0.2) is 34.9 Å². The van der Waals surface area contributed by atoms with Gasteiger partial charge in [0.05, 0.1) is 11.2 Å². The molecule has 16 aromatic carbocycles. The van der Waals surface area contributed by atoms with Gasteiger partial charge in [-0.2, -0.15) is 0 Å². The Morgan fingerprint density at radius 3 is 0.730 bits per heavy atom. The van der Waals surface area contributed by atoms with Gasteiger partial charge in [-0.1, -0.05) is 418 Å². The molecule has 1 fully saturated rings. The predicted octanol–water partition coefficient (Wildman–Crippen LogP) is 27.4. The first-order chi connectivity index (χ1) is 59.9. The van der Waals surface area contributed by atoms with Gasteiger partial charge in [-0.3, -0.25) is 0 Å². The molecule has 0 unspecified atom stereocenters. The second kappa shape index (κ2) is 37.1. The van der Waals surface area contributed by atoms with Crippen molar-refractivity contribution in [3.05, 3.63) is 498 Å². The van der Waals surface area contributed by atoms with E-state index in [-0.39, 0.29) is 11.2 Å². The number of hydrogen-bond acceptors (Lipinski definition) is 8. The fourth-order valence-electron chi connectivity index (χ4n) is 15.2. The average molecular weight is 1590 g/mol. The van der Waals surface area contributed by atoms with E-state index in [1.165, 1.54) is 50.1 Å². The minimum atomic E-state index is -0.408. The maximum Gasteiger partial charge on any atom is 0.494 e. The fraction of sp³-hybridized carbons (Fsp3) is 0.0536. The lowest BCUT2D eigenvalue weighted by Gasteiger charge is -2.32. The van der Waals surface area contributed by atoms with Gasteiger partial charge in [0.2, 0.25) is 0 Å². The van der Waals surface area contributed by atoms with Gasteiger partial charge in [-0.05, 0) is 176 Å². The Labute approximate surface area is 719 Å². The van der Waals surface area contributed by atoms with Crippen molar-refractivity contribution in [3.8, 4) is 102 Å². The summed E-state index contributed by atoms with van der Waals surface area (Å²) in [5.74, 6) is 3.79. The summed E-state index contributed by atoms with van der Waals surface area (Å²) in [7, 11) is -0.408. The molecule has 0 saturated carbocycles. The molecule has 2 aromatic heterocycles. The number of benzene rings is 16. The van der Waals surface area contributed by atoms with E-state index in [4.69, 9.17) is 50.8 Å². The lowest BCUT2D eigenvalue weighted by atomic mass is 9.76. The van der Waals surface area contributed by atoms with Crippen LogP contribution in [0.25, 0.3) is 124 Å². The predicted molar refractivity (Wildman–Crippen MR) is 504 cm³/mol. The summed E-state index contributed by atoms with van der Waals surface area (Å²) in [6, 6.07) is 155. The quantitative estimate of drug-likeness (QED) is 0.0619. The fourth-order valence-corrected chi connectivity index (χ4v) is 15.3. The highest BCUT2D eigenvalue weighted by molar-refractivity contribution is 6.62. The van der Waals surface area contributed by atoms with Crippen LogP contribution in [-0.2, 0) is 9.31 Å². The highest BCUT2D eigenvalue weighted by Crippen LogP contribution is 2.42. The van der Waals surface area contributed by atoms with E-state index in [0.717, 1.165) is 88.9 Å². The summed E-state index contributed by atoms with van der Waals surface area (Å²) in [5.41, 5.74) is 26.7. The molecule has 1 aliphatic heterocycles. The first-order valence-corrected chi connectivity index (χ1v) is 41.5. The van der Waals surface area contributed by atoms with E-state index in [1.807, 2.05) is 121 Å². The van der Waals surface area contributed by atoms with Gasteiger partial charge in [-0.15, -0.1) is 0 Å². The number of nitrogens with zero attached hydrogens (tertiary/aromatic N) is 6. The molecule has 0 amide bonds. The van der Waals surface area contributed by atoms with Gasteiger partial charge in [0.1, 0.15) is 0 Å². The van der Waals surface area contributed by atoms with Crippen LogP contribution in [0.4, 0.5) is 0 Å². The zero-order valence-corrected chi connectivity index (χ0v) is 68.9. The average Bonchev–Trinajstić information content (AvgIpc) is 1.62. The molecule has 1 aliphatic rings. The summed E-state index contributed by atoms with van der Waals surface area (Å²) in [5, 5.41) is 0.678. The van der Waals surface area contributed by atoms with Crippen LogP contribution in [0.1, 0.15) is 72.2 Å². The Morgan fingerprint density at radius 1 is 0.197 bits per heavy atom. The molecule has 0 aliphatic carbocycles. The molecule has 0 bridgehead atoms. The maximum absolute atomic E-state index is 6.38. The number of rotatable bonds is 18. The van der Waals surface area contributed by atoms with Crippen molar-refractivity contribution in [3.63, 3.8) is 0 Å². The minimum absolute atomic E-state index is 0.384. The zero-order valence-electron chi connectivity index (χ0n) is 68.2. The van der Waals surface area contributed by atoms with Gasteiger partial charge < -0.3 is 9.31 Å². The molecule has 3 heterocycles. The van der Waals surface area contributed by atoms with Crippen LogP contribution < -0.4 is 5.46 Å². The zero-order chi connectivity index (χ0) is 83.0. The second-order valence-corrected chi connectivity index (χ2v) is 31.2. The third kappa shape index (κ3) is 18.6. The molecule has 1 saturated heterocycles. The van der Waals surface area contributed by atoms with Crippen molar-refractivity contribution in [1.29, 1.82) is 0 Å². The van der Waals surface area contributed by atoms with E-state index in [9.17, 15) is 0 Å². The molecule has 0 atom stereocenters. The van der Waals surface area contributed by atoms with Gasteiger partial charge in [0, 0.05) is 38.4 Å². The van der Waals surface area contributed by atoms with E-state index < -0.39 is 7.12 Å². The van der Waals surface area contributed by atoms with Crippen molar-refractivity contribution >= 4 is 46.5 Å². The molecule has 0 radical (unpaired) electrons. The standard InChI is InChI=1S/C53H37N3.C32H31BO2.C27H18ClN3/c1-6-18-38(19-7-1)46-29-17-31-48(37-46)53-55-51(43-26-14-5-15-27-43)54-52(56-53)44-34-32-39(33-35-44)45-28-16-30-47(36-45)50(42-24-12-4-13-25-42)49(40-20-8-2-9-21-40)41-22-10-3-11-23-41;1-31(2)32(3,4)35-33(34-31)28-22-14-21-27(23-28)30(26-19-12-7-13-20-26)29(24-15-8-5-9-16-24)25-17-10-6-11-18-25;28-24-16-14-21(15-17-24)26-29-25(20-10-5-2-6-11-20)30-27(31-26)23-13-7-12-22(18-23)19-8-3-1-4-9-19/h1-37H;5-23H,1-4H3;1-18H. The summed E-state index contributed by atoms with van der Waals surface area (Å²) in [6.07, 6.45) is 0. The number of hydrogen-bond donors (Lipinski definition) is 0. The number of halogens is 1. The van der Waals surface area contributed by atoms with Gasteiger partial charge in [0.25, 0.3) is 0 Å². The lowest BCUT2D eigenvalue weighted by molar-refractivity contribution is 0.00578. The van der Waals surface area contributed by atoms with Crippen LogP contribution in [-0.4, -0.2) is 48.2 Å². The van der Waals surface area contributed by atoms with E-state index in [0.29, 0.717) is 40.0 Å². The third-order valence-corrected chi connectivity index (χ3v) is 22.3. The van der Waals surface area contributed by atoms with Crippen molar-refractivity contribution in [2.75, 3.05) is 0 Å². The maximum atomic E-state index is 6.38. The van der Waals surface area contributed by atoms with Gasteiger partial charge in [-0.25, -0.2) is 29.9 Å². The molecule has 10 heteroatoms. The number of aromatic nitrogens is 6. The van der Waals surface area contributed by atoms with Crippen LogP contribution >= 0.6 is 11.6 Å². The lowest BCUT2D eigenvalue weighted by Crippen LogP contribution is -2.41. The van der Waals surface area contributed by atoms with Crippen LogP contribution in [0.3, 0.4) is 0 Å². The summed E-state index contributed by atoms with van der Waals surface area (Å²) in [4.78, 5) is 29.4. The molecule has 0 spiro atoms. The van der Waals surface area contributed by atoms with Crippen LogP contribution in [0, 0.1) is 0 Å². The first kappa shape index (κ1) is 79.7. The van der Waals surface area contributed by atoms with Crippen LogP contribution in [0.2, 0.25) is 5.02 Å². The molecular formula is C112H86BClN6O2. The smallest absolute Gasteiger partial charge is 0.399 e. The van der Waals surface area contributed by atoms with E-state index >= 15 is 0 Å². The summed E-state index contributed by atoms with van der Waals surface area (Å²) in [6.45, 7) is 8.37. The van der Waals surface area contributed by atoms with Crippen LogP contribution in [0.15, 0.2) is 449 Å². The topological polar surface area (TPSA) is 95.8 Å². The molecule has 8 nitrogen and oxygen atoms in total. The summed E-state index contributed by atoms with van der Waals surface area (Å²) < 4.78 is 12.8. The Hall–Kier alpha value is -14.7. The van der Waals surface area contributed by atoms with Crippen LogP contribution in [0.5, 0.6) is 0 Å². The van der Waals surface area contributed by atoms with Crippen molar-refractivity contribution in [1.82, 2.24) is 29.9 Å². The molecule has 19 rings (SSSR count). The molecule has 18 aromatic rings. The van der Waals surface area contributed by atoms with Crippen molar-refractivity contribution in [2.45, 2.75) is 38.9 Å². The molecule has 0 N–H and O–H groups in total. The van der Waals surface area contributed by atoms with E-state index in [2.05, 4.69) is 355 Å². The molecular weight excluding hydrogens is 1510 g/mol. The van der Waals surface area contributed by atoms with E-state index in [1.54, 1.807) is 0 Å². The molecule has 586 valence electrons. The monoisotopic (exact) mass is 1590 g/mol. The first-order valence-electron chi connectivity index (χ1n) is 41.1. The minimum Gasteiger partial charge on any atom is -0.399 e. The summed E-state index contributed by atoms with van der Waals surface area (Å²) >= 11 is 6.08. The highest BCUT2D eigenvalue weighted by atomic mass is 35.5. The normalized spacial score (nSPS) is 12.4. The van der Waals surface area contributed by atoms with Crippen molar-refractivity contribution < 1.29 is 9.31 Å². The third-order valence-electron chi connectivity index (χ3n) is 22.1. The Kier molecular flexibility index (Phi) is 24.2. The Morgan fingerprint density at radius 2 is 0.402 bits per heavy atom. The SMILES string of the molecule is CC1(C)OB(c2cccc(C(=C(c3ccccc3)c3ccccc3)c3ccccc3)c2)OC1(C)C.Clc1ccc(-c2nc(-c3ccccc3)nc(-c3cccc(-c4ccccc4)c3)n2)cc1.c1ccc(C(=C(c2ccccc2)c2cccc(-c3ccc(-c4nc(-c5ccccc5)nc(-c5cccc(-c6ccccc6)c5)n4)cc3)c2)c2ccccc2)cc1. The Bertz CT molecular complexity index is 6540. The Balaban J connectivity index is 0.000000138. The van der Waals surface area contributed by atoms with Crippen molar-refractivity contribution in [2.24, 2.45) is 0 Å². The largest absolute Gasteiger partial charge is 0.494 e. The second-order valence-electron chi connectivity index (χ2n) is 30.8. The molecule has 122 heavy (non-hydrogen) atoms. The van der Waals surface area contributed by atoms with Gasteiger partial charge >= 0.3 is 7.12 Å².